The second-order valence-corrected chi connectivity index (χ2v) is 11.2. The standard InChI is InChI=1S/C29H42N6O4/c1-9-21(10-2)39-27-19(4)18(3)26-31-34(28(30)35(26)32-27)17-24(36)20-15-22(29(5,6)7)25(37-8)23(16-20)33-11-13-38-14-12-33/h15-16,21,30H,9-14,17H2,1-8H3/p+1. The maximum atomic E-state index is 13.7. The number of anilines is 2. The van der Waals surface area contributed by atoms with Gasteiger partial charge in [0.1, 0.15) is 11.9 Å². The fourth-order valence-electron chi connectivity index (χ4n) is 4.91. The molecule has 2 aromatic heterocycles. The van der Waals surface area contributed by atoms with Gasteiger partial charge in [-0.25, -0.2) is 0 Å². The minimum atomic E-state index is -0.234. The van der Waals surface area contributed by atoms with Crippen LogP contribution in [-0.4, -0.2) is 60.0 Å². The van der Waals surface area contributed by atoms with Crippen molar-refractivity contribution in [2.24, 2.45) is 0 Å². The van der Waals surface area contributed by atoms with Crippen LogP contribution in [0, 0.1) is 13.8 Å². The van der Waals surface area contributed by atoms with Gasteiger partial charge in [0, 0.05) is 35.3 Å². The highest BCUT2D eigenvalue weighted by Gasteiger charge is 2.29. The minimum absolute atomic E-state index is 0.0190. The third-order valence-corrected chi connectivity index (χ3v) is 7.54. The third-order valence-electron chi connectivity index (χ3n) is 7.54. The molecule has 0 amide bonds. The van der Waals surface area contributed by atoms with Crippen molar-refractivity contribution in [3.8, 4) is 11.6 Å². The van der Waals surface area contributed by atoms with E-state index in [1.807, 2.05) is 26.0 Å². The Bertz CT molecular complexity index is 1350. The molecule has 0 bridgehead atoms. The zero-order valence-electron chi connectivity index (χ0n) is 24.6. The number of nitrogen functional groups attached to an aromatic ring is 1. The van der Waals surface area contributed by atoms with Crippen molar-refractivity contribution in [3.05, 3.63) is 34.4 Å². The van der Waals surface area contributed by atoms with Crippen molar-refractivity contribution in [1.82, 2.24) is 14.7 Å². The molecule has 10 heteroatoms. The van der Waals surface area contributed by atoms with E-state index in [1.165, 1.54) is 4.68 Å². The molecule has 10 nitrogen and oxygen atoms in total. The molecule has 1 saturated heterocycles. The number of benzene rings is 1. The number of ketones is 1. The number of hydrogen-bond donors (Lipinski definition) is 1. The van der Waals surface area contributed by atoms with Gasteiger partial charge in [-0.3, -0.25) is 10.5 Å². The topological polar surface area (TPSA) is 108 Å². The summed E-state index contributed by atoms with van der Waals surface area (Å²) in [5.41, 5.74) is 11.2. The van der Waals surface area contributed by atoms with Crippen LogP contribution in [0.2, 0.25) is 0 Å². The van der Waals surface area contributed by atoms with Crippen LogP contribution in [-0.2, 0) is 16.7 Å². The number of Topliss-reactive ketones (excluding diaryl/α,β-unsaturated/α-hetero) is 1. The first-order chi connectivity index (χ1) is 18.5. The molecule has 0 aliphatic carbocycles. The molecule has 1 aromatic carbocycles. The van der Waals surface area contributed by atoms with Gasteiger partial charge in [-0.05, 0) is 44.2 Å². The van der Waals surface area contributed by atoms with E-state index < -0.39 is 0 Å². The average Bonchev–Trinajstić information content (AvgIpc) is 3.23. The Hall–Kier alpha value is -3.40. The van der Waals surface area contributed by atoms with E-state index in [2.05, 4.69) is 49.7 Å². The van der Waals surface area contributed by atoms with Gasteiger partial charge in [0.2, 0.25) is 0 Å². The number of nitrogens with two attached hydrogens (primary N) is 1. The number of rotatable bonds is 9. The molecule has 0 unspecified atom stereocenters. The van der Waals surface area contributed by atoms with E-state index in [-0.39, 0.29) is 29.8 Å². The summed E-state index contributed by atoms with van der Waals surface area (Å²) in [6.45, 7) is 17.2. The third kappa shape index (κ3) is 5.66. The maximum absolute atomic E-state index is 13.7. The van der Waals surface area contributed by atoms with Gasteiger partial charge in [0.05, 0.1) is 26.0 Å². The maximum Gasteiger partial charge on any atom is 0.401 e. The molecule has 3 heterocycles. The molecular weight excluding hydrogens is 496 g/mol. The zero-order chi connectivity index (χ0) is 28.5. The molecule has 4 rings (SSSR count). The number of methoxy groups -OCH3 is 1. The molecule has 39 heavy (non-hydrogen) atoms. The van der Waals surface area contributed by atoms with E-state index in [4.69, 9.17) is 19.9 Å². The predicted octanol–water partition coefficient (Wildman–Crippen LogP) is 3.81. The van der Waals surface area contributed by atoms with Gasteiger partial charge >= 0.3 is 5.95 Å². The molecule has 0 saturated carbocycles. The number of nitrogens with zero attached hydrogens (tertiary/aromatic N) is 5. The lowest BCUT2D eigenvalue weighted by molar-refractivity contribution is -0.723. The van der Waals surface area contributed by atoms with Crippen LogP contribution in [0.4, 0.5) is 11.6 Å². The number of aryl methyl sites for hydroxylation is 1. The lowest BCUT2D eigenvalue weighted by Gasteiger charge is -2.33. The summed E-state index contributed by atoms with van der Waals surface area (Å²) in [6.07, 6.45) is 1.83. The minimum Gasteiger partial charge on any atom is -0.494 e. The van der Waals surface area contributed by atoms with Crippen molar-refractivity contribution in [1.29, 1.82) is 0 Å². The Morgan fingerprint density at radius 1 is 1.15 bits per heavy atom. The highest BCUT2D eigenvalue weighted by atomic mass is 16.5. The fourth-order valence-corrected chi connectivity index (χ4v) is 4.91. The van der Waals surface area contributed by atoms with E-state index in [0.717, 1.165) is 54.1 Å². The number of carbonyl (C=O) groups excluding carboxylic acids is 1. The quantitative estimate of drug-likeness (QED) is 0.323. The first-order valence-corrected chi connectivity index (χ1v) is 13.8. The average molecular weight is 540 g/mol. The monoisotopic (exact) mass is 539 g/mol. The molecule has 2 N–H and O–H groups in total. The van der Waals surface area contributed by atoms with Crippen LogP contribution in [0.1, 0.15) is 74.5 Å². The fraction of sp³-hybridized carbons (Fsp3) is 0.586. The number of fused-ring (bicyclic) bond motifs is 1. The molecule has 3 aromatic rings. The molecule has 1 aliphatic rings. The van der Waals surface area contributed by atoms with Gasteiger partial charge < -0.3 is 19.1 Å². The smallest absolute Gasteiger partial charge is 0.401 e. The van der Waals surface area contributed by atoms with E-state index in [9.17, 15) is 4.79 Å². The normalized spacial score (nSPS) is 14.3. The first-order valence-electron chi connectivity index (χ1n) is 13.8. The Kier molecular flexibility index (Phi) is 8.34. The van der Waals surface area contributed by atoms with Crippen LogP contribution in [0.5, 0.6) is 11.6 Å². The van der Waals surface area contributed by atoms with Crippen molar-refractivity contribution in [2.75, 3.05) is 44.0 Å². The summed E-state index contributed by atoms with van der Waals surface area (Å²) in [6, 6.07) is 3.86. The summed E-state index contributed by atoms with van der Waals surface area (Å²) in [7, 11) is 1.68. The number of morpholine rings is 1. The summed E-state index contributed by atoms with van der Waals surface area (Å²) < 4.78 is 20.7. The molecule has 1 aliphatic heterocycles. The number of carbonyl (C=O) groups is 1. The van der Waals surface area contributed by atoms with E-state index in [0.29, 0.717) is 30.3 Å². The first kappa shape index (κ1) is 28.6. The van der Waals surface area contributed by atoms with Gasteiger partial charge in [-0.15, -0.1) is 4.68 Å². The summed E-state index contributed by atoms with van der Waals surface area (Å²) in [5, 5.41) is 9.34. The van der Waals surface area contributed by atoms with E-state index in [1.54, 1.807) is 11.6 Å². The molecule has 0 radical (unpaired) electrons. The molecule has 0 spiro atoms. The lowest BCUT2D eigenvalue weighted by Crippen LogP contribution is -2.42. The summed E-state index contributed by atoms with van der Waals surface area (Å²) >= 11 is 0. The Labute approximate surface area is 231 Å². The van der Waals surface area contributed by atoms with Crippen molar-refractivity contribution in [3.63, 3.8) is 0 Å². The summed E-state index contributed by atoms with van der Waals surface area (Å²) in [5.74, 6) is 1.51. The predicted molar refractivity (Wildman–Crippen MR) is 151 cm³/mol. The van der Waals surface area contributed by atoms with Gasteiger partial charge in [-0.2, -0.15) is 0 Å². The number of aromatic nitrogens is 4. The number of hydrogen-bond acceptors (Lipinski definition) is 8. The molecule has 1 fully saturated rings. The largest absolute Gasteiger partial charge is 0.494 e. The second-order valence-electron chi connectivity index (χ2n) is 11.2. The van der Waals surface area contributed by atoms with Gasteiger partial charge in [-0.1, -0.05) is 49.3 Å². The van der Waals surface area contributed by atoms with Crippen molar-refractivity contribution < 1.29 is 23.7 Å². The van der Waals surface area contributed by atoms with Crippen molar-refractivity contribution in [2.45, 2.75) is 79.4 Å². The molecule has 212 valence electrons. The van der Waals surface area contributed by atoms with Crippen molar-refractivity contribution >= 4 is 23.1 Å². The SMILES string of the molecule is CCC(CC)Oc1nn2c(N)[n+](CC(=O)c3cc(N4CCOCC4)c(OC)c(C(C)(C)C)c3)nc2c(C)c1C. The highest BCUT2D eigenvalue weighted by Crippen LogP contribution is 2.40. The Morgan fingerprint density at radius 3 is 2.41 bits per heavy atom. The van der Waals surface area contributed by atoms with Crippen LogP contribution in [0.25, 0.3) is 5.65 Å². The lowest BCUT2D eigenvalue weighted by atomic mass is 9.84. The van der Waals surface area contributed by atoms with Gasteiger partial charge in [0.15, 0.2) is 12.3 Å². The van der Waals surface area contributed by atoms with Gasteiger partial charge in [0.25, 0.3) is 11.5 Å². The second kappa shape index (κ2) is 11.4. The van der Waals surface area contributed by atoms with E-state index >= 15 is 0 Å². The summed E-state index contributed by atoms with van der Waals surface area (Å²) in [4.78, 5) is 16.0. The highest BCUT2D eigenvalue weighted by molar-refractivity contribution is 5.97. The Balaban J connectivity index is 1.74. The molecular formula is C29H43N6O4+. The molecule has 0 atom stereocenters. The van der Waals surface area contributed by atoms with Crippen LogP contribution < -0.4 is 24.8 Å². The Morgan fingerprint density at radius 2 is 1.82 bits per heavy atom. The van der Waals surface area contributed by atoms with Crippen LogP contribution in [0.15, 0.2) is 12.1 Å². The number of ether oxygens (including phenoxy) is 3. The zero-order valence-corrected chi connectivity index (χ0v) is 24.6. The van der Waals surface area contributed by atoms with Crippen LogP contribution in [0.3, 0.4) is 0 Å². The van der Waals surface area contributed by atoms with Crippen LogP contribution >= 0.6 is 0 Å².